The van der Waals surface area contributed by atoms with Gasteiger partial charge >= 0.3 is 0 Å². The second kappa shape index (κ2) is 6.98. The number of aliphatic hydroxyl groups excluding tert-OH is 1. The lowest BCUT2D eigenvalue weighted by Crippen LogP contribution is -2.41. The summed E-state index contributed by atoms with van der Waals surface area (Å²) in [6.07, 6.45) is 2.81. The second-order valence-electron chi connectivity index (χ2n) is 5.04. The molecule has 0 amide bonds. The third-order valence-electron chi connectivity index (χ3n) is 3.68. The standard InChI is InChI=1S/C15H22FNO2/c1-2-13(15-4-3-9-19-15)17-10-14(18)11-5-7-12(16)8-6-11/h5-8,13-15,17-18H,2-4,9-10H2,1H3/t13-,14-,15-/m0/s1. The van der Waals surface area contributed by atoms with Crippen LogP contribution >= 0.6 is 0 Å². The molecule has 1 aliphatic heterocycles. The first kappa shape index (κ1) is 14.4. The first-order valence-electron chi connectivity index (χ1n) is 6.99. The average Bonchev–Trinajstić information content (AvgIpc) is 2.94. The van der Waals surface area contributed by atoms with E-state index in [4.69, 9.17) is 4.74 Å². The number of hydrogen-bond acceptors (Lipinski definition) is 3. The van der Waals surface area contributed by atoms with Crippen molar-refractivity contribution >= 4 is 0 Å². The highest BCUT2D eigenvalue weighted by Gasteiger charge is 2.24. The number of benzene rings is 1. The van der Waals surface area contributed by atoms with E-state index in [9.17, 15) is 9.50 Å². The van der Waals surface area contributed by atoms with Gasteiger partial charge in [0.2, 0.25) is 0 Å². The highest BCUT2D eigenvalue weighted by atomic mass is 19.1. The lowest BCUT2D eigenvalue weighted by Gasteiger charge is -2.24. The van der Waals surface area contributed by atoms with Crippen molar-refractivity contribution in [2.45, 2.75) is 44.4 Å². The molecule has 0 spiro atoms. The lowest BCUT2D eigenvalue weighted by molar-refractivity contribution is 0.0698. The van der Waals surface area contributed by atoms with Gasteiger partial charge in [-0.05, 0) is 37.0 Å². The van der Waals surface area contributed by atoms with Gasteiger partial charge in [0.1, 0.15) is 5.82 Å². The summed E-state index contributed by atoms with van der Waals surface area (Å²) in [5, 5.41) is 13.4. The van der Waals surface area contributed by atoms with Crippen molar-refractivity contribution in [3.8, 4) is 0 Å². The second-order valence-corrected chi connectivity index (χ2v) is 5.04. The van der Waals surface area contributed by atoms with E-state index >= 15 is 0 Å². The summed E-state index contributed by atoms with van der Waals surface area (Å²) in [5.74, 6) is -0.283. The first-order valence-corrected chi connectivity index (χ1v) is 6.99. The Morgan fingerprint density at radius 2 is 2.16 bits per heavy atom. The number of hydrogen-bond donors (Lipinski definition) is 2. The predicted molar refractivity (Wildman–Crippen MR) is 72.4 cm³/mol. The molecule has 0 unspecified atom stereocenters. The Bertz CT molecular complexity index is 376. The van der Waals surface area contributed by atoms with Gasteiger partial charge in [-0.2, -0.15) is 0 Å². The van der Waals surface area contributed by atoms with Crippen molar-refractivity contribution in [3.63, 3.8) is 0 Å². The normalized spacial score (nSPS) is 22.4. The predicted octanol–water partition coefficient (Wildman–Crippen LogP) is 2.41. The molecule has 3 nitrogen and oxygen atoms in total. The average molecular weight is 267 g/mol. The molecule has 0 aromatic heterocycles. The first-order chi connectivity index (χ1) is 9.20. The maximum Gasteiger partial charge on any atom is 0.123 e. The van der Waals surface area contributed by atoms with Crippen LogP contribution in [0, 0.1) is 5.82 Å². The van der Waals surface area contributed by atoms with Gasteiger partial charge < -0.3 is 15.2 Å². The molecular formula is C15H22FNO2. The van der Waals surface area contributed by atoms with Gasteiger partial charge in [0.05, 0.1) is 12.2 Å². The maximum atomic E-state index is 12.8. The monoisotopic (exact) mass is 267 g/mol. The third kappa shape index (κ3) is 4.00. The van der Waals surface area contributed by atoms with Crippen LogP contribution in [0.5, 0.6) is 0 Å². The molecule has 1 heterocycles. The van der Waals surface area contributed by atoms with Crippen molar-refractivity contribution in [2.24, 2.45) is 0 Å². The zero-order chi connectivity index (χ0) is 13.7. The summed E-state index contributed by atoms with van der Waals surface area (Å²) < 4.78 is 18.5. The van der Waals surface area contributed by atoms with Crippen LogP contribution in [-0.4, -0.2) is 30.4 Å². The van der Waals surface area contributed by atoms with E-state index in [2.05, 4.69) is 12.2 Å². The van der Waals surface area contributed by atoms with Gasteiger partial charge in [-0.15, -0.1) is 0 Å². The molecule has 1 saturated heterocycles. The van der Waals surface area contributed by atoms with Crippen molar-refractivity contribution in [1.29, 1.82) is 0 Å². The van der Waals surface area contributed by atoms with Gasteiger partial charge in [-0.1, -0.05) is 19.1 Å². The fourth-order valence-corrected chi connectivity index (χ4v) is 2.52. The van der Waals surface area contributed by atoms with Crippen LogP contribution in [0.1, 0.15) is 37.9 Å². The minimum absolute atomic E-state index is 0.255. The molecule has 4 heteroatoms. The van der Waals surface area contributed by atoms with E-state index in [1.807, 2.05) is 0 Å². The molecule has 0 bridgehead atoms. The van der Waals surface area contributed by atoms with E-state index in [0.717, 1.165) is 31.4 Å². The quantitative estimate of drug-likeness (QED) is 0.831. The summed E-state index contributed by atoms with van der Waals surface area (Å²) in [4.78, 5) is 0. The minimum atomic E-state index is -0.615. The molecule has 3 atom stereocenters. The molecule has 0 radical (unpaired) electrons. The molecule has 1 aliphatic rings. The Kier molecular flexibility index (Phi) is 5.31. The van der Waals surface area contributed by atoms with E-state index in [-0.39, 0.29) is 18.0 Å². The van der Waals surface area contributed by atoms with E-state index < -0.39 is 6.10 Å². The fourth-order valence-electron chi connectivity index (χ4n) is 2.52. The molecule has 19 heavy (non-hydrogen) atoms. The smallest absolute Gasteiger partial charge is 0.123 e. The Balaban J connectivity index is 1.84. The van der Waals surface area contributed by atoms with Gasteiger partial charge in [-0.3, -0.25) is 0 Å². The van der Waals surface area contributed by atoms with Crippen LogP contribution in [0.2, 0.25) is 0 Å². The highest BCUT2D eigenvalue weighted by Crippen LogP contribution is 2.19. The van der Waals surface area contributed by atoms with Crippen molar-refractivity contribution in [3.05, 3.63) is 35.6 Å². The Morgan fingerprint density at radius 1 is 1.42 bits per heavy atom. The van der Waals surface area contributed by atoms with Crippen LogP contribution in [0.3, 0.4) is 0 Å². The largest absolute Gasteiger partial charge is 0.387 e. The fraction of sp³-hybridized carbons (Fsp3) is 0.600. The molecule has 1 fully saturated rings. The molecule has 0 aliphatic carbocycles. The third-order valence-corrected chi connectivity index (χ3v) is 3.68. The van der Waals surface area contributed by atoms with E-state index in [1.54, 1.807) is 12.1 Å². The minimum Gasteiger partial charge on any atom is -0.387 e. The Morgan fingerprint density at radius 3 is 2.74 bits per heavy atom. The number of ether oxygens (including phenoxy) is 1. The van der Waals surface area contributed by atoms with E-state index in [0.29, 0.717) is 6.54 Å². The number of rotatable bonds is 6. The van der Waals surface area contributed by atoms with Crippen LogP contribution in [0.15, 0.2) is 24.3 Å². The number of halogens is 1. The highest BCUT2D eigenvalue weighted by molar-refractivity contribution is 5.18. The topological polar surface area (TPSA) is 41.5 Å². The molecule has 2 rings (SSSR count). The maximum absolute atomic E-state index is 12.8. The van der Waals surface area contributed by atoms with Gasteiger partial charge in [0.25, 0.3) is 0 Å². The summed E-state index contributed by atoms with van der Waals surface area (Å²) in [5.41, 5.74) is 0.732. The van der Waals surface area contributed by atoms with Crippen molar-refractivity contribution in [2.75, 3.05) is 13.2 Å². The summed E-state index contributed by atoms with van der Waals surface area (Å²) in [6, 6.07) is 6.26. The Labute approximate surface area is 113 Å². The van der Waals surface area contributed by atoms with E-state index in [1.165, 1.54) is 12.1 Å². The van der Waals surface area contributed by atoms with Crippen molar-refractivity contribution in [1.82, 2.24) is 5.32 Å². The number of aliphatic hydroxyl groups is 1. The van der Waals surface area contributed by atoms with Crippen LogP contribution in [0.4, 0.5) is 4.39 Å². The molecular weight excluding hydrogens is 245 g/mol. The molecule has 106 valence electrons. The molecule has 1 aromatic rings. The molecule has 2 N–H and O–H groups in total. The van der Waals surface area contributed by atoms with Crippen LogP contribution in [-0.2, 0) is 4.74 Å². The summed E-state index contributed by atoms with van der Waals surface area (Å²) >= 11 is 0. The molecule has 1 aromatic carbocycles. The zero-order valence-electron chi connectivity index (χ0n) is 11.3. The lowest BCUT2D eigenvalue weighted by atomic mass is 10.0. The number of nitrogens with one attached hydrogen (secondary N) is 1. The van der Waals surface area contributed by atoms with Crippen LogP contribution < -0.4 is 5.32 Å². The molecule has 0 saturated carbocycles. The summed E-state index contributed by atoms with van der Waals surface area (Å²) in [7, 11) is 0. The van der Waals surface area contributed by atoms with Crippen LogP contribution in [0.25, 0.3) is 0 Å². The van der Waals surface area contributed by atoms with Gasteiger partial charge in [0, 0.05) is 19.2 Å². The Hall–Kier alpha value is -0.970. The van der Waals surface area contributed by atoms with Gasteiger partial charge in [-0.25, -0.2) is 4.39 Å². The SMILES string of the molecule is CC[C@H](NC[C@H](O)c1ccc(F)cc1)[C@@H]1CCCO1. The van der Waals surface area contributed by atoms with Crippen molar-refractivity contribution < 1.29 is 14.2 Å². The van der Waals surface area contributed by atoms with Gasteiger partial charge in [0.15, 0.2) is 0 Å². The zero-order valence-corrected chi connectivity index (χ0v) is 11.3. The summed E-state index contributed by atoms with van der Waals surface area (Å²) in [6.45, 7) is 3.41.